The molecule has 0 N–H and O–H groups in total. The lowest BCUT2D eigenvalue weighted by molar-refractivity contribution is 0.305. The van der Waals surface area contributed by atoms with Gasteiger partial charge in [0, 0.05) is 0 Å². The summed E-state index contributed by atoms with van der Waals surface area (Å²) in [5.74, 6) is -0.677. The highest BCUT2D eigenvalue weighted by atomic mass is 35.5. The molecular formula is C14H8ClF2NO. The van der Waals surface area contributed by atoms with Gasteiger partial charge in [-0.3, -0.25) is 0 Å². The predicted octanol–water partition coefficient (Wildman–Crippen LogP) is 4.07. The van der Waals surface area contributed by atoms with Gasteiger partial charge in [0.05, 0.1) is 16.7 Å². The van der Waals surface area contributed by atoms with Crippen LogP contribution in [-0.2, 0) is 6.61 Å². The van der Waals surface area contributed by atoms with Gasteiger partial charge in [-0.05, 0) is 42.0 Å². The summed E-state index contributed by atoms with van der Waals surface area (Å²) in [6.45, 7) is 0.0395. The van der Waals surface area contributed by atoms with Crippen molar-refractivity contribution < 1.29 is 13.5 Å². The summed E-state index contributed by atoms with van der Waals surface area (Å²) in [6, 6.07) is 9.50. The van der Waals surface area contributed by atoms with Crippen LogP contribution in [0.5, 0.6) is 5.75 Å². The molecule has 0 spiro atoms. The van der Waals surface area contributed by atoms with E-state index in [4.69, 9.17) is 21.6 Å². The second kappa shape index (κ2) is 5.68. The summed E-state index contributed by atoms with van der Waals surface area (Å²) in [4.78, 5) is 0. The molecule has 96 valence electrons. The van der Waals surface area contributed by atoms with Gasteiger partial charge >= 0.3 is 0 Å². The number of hydrogen-bond acceptors (Lipinski definition) is 2. The summed E-state index contributed by atoms with van der Waals surface area (Å²) in [7, 11) is 0. The average Bonchev–Trinajstić information content (AvgIpc) is 2.37. The third kappa shape index (κ3) is 3.43. The highest BCUT2D eigenvalue weighted by Crippen LogP contribution is 2.25. The highest BCUT2D eigenvalue weighted by Gasteiger charge is 2.05. The van der Waals surface area contributed by atoms with Crippen molar-refractivity contribution in [2.24, 2.45) is 0 Å². The van der Waals surface area contributed by atoms with Crippen LogP contribution in [0.25, 0.3) is 0 Å². The summed E-state index contributed by atoms with van der Waals surface area (Å²) in [5, 5.41) is 8.86. The molecule has 2 aromatic rings. The lowest BCUT2D eigenvalue weighted by Gasteiger charge is -2.08. The number of rotatable bonds is 3. The van der Waals surface area contributed by atoms with Gasteiger partial charge in [-0.1, -0.05) is 11.6 Å². The van der Waals surface area contributed by atoms with Crippen LogP contribution in [0.3, 0.4) is 0 Å². The zero-order valence-electron chi connectivity index (χ0n) is 9.66. The molecule has 0 radical (unpaired) electrons. The smallest absolute Gasteiger partial charge is 0.138 e. The van der Waals surface area contributed by atoms with E-state index >= 15 is 0 Å². The SMILES string of the molecule is N#Cc1cc(F)cc(COc2ccc(F)cc2Cl)c1. The second-order valence-electron chi connectivity index (χ2n) is 3.82. The first-order valence-electron chi connectivity index (χ1n) is 5.36. The van der Waals surface area contributed by atoms with Crippen LogP contribution in [0.15, 0.2) is 36.4 Å². The maximum Gasteiger partial charge on any atom is 0.138 e. The topological polar surface area (TPSA) is 33.0 Å². The number of halogens is 3. The van der Waals surface area contributed by atoms with Crippen LogP contribution < -0.4 is 4.74 Å². The maximum absolute atomic E-state index is 13.2. The molecule has 19 heavy (non-hydrogen) atoms. The quantitative estimate of drug-likeness (QED) is 0.848. The van der Waals surface area contributed by atoms with Crippen molar-refractivity contribution in [2.45, 2.75) is 6.61 Å². The van der Waals surface area contributed by atoms with E-state index in [1.807, 2.05) is 6.07 Å². The van der Waals surface area contributed by atoms with Gasteiger partial charge < -0.3 is 4.74 Å². The zero-order valence-corrected chi connectivity index (χ0v) is 10.4. The molecule has 2 nitrogen and oxygen atoms in total. The standard InChI is InChI=1S/C14H8ClF2NO/c15-13-6-11(16)1-2-14(13)19-8-10-3-9(7-18)4-12(17)5-10/h1-6H,8H2. The third-order valence-electron chi connectivity index (χ3n) is 2.37. The second-order valence-corrected chi connectivity index (χ2v) is 4.23. The van der Waals surface area contributed by atoms with Crippen molar-refractivity contribution in [1.82, 2.24) is 0 Å². The van der Waals surface area contributed by atoms with Gasteiger partial charge in [-0.25, -0.2) is 8.78 Å². The van der Waals surface area contributed by atoms with Gasteiger partial charge in [0.15, 0.2) is 0 Å². The molecule has 0 aliphatic heterocycles. The van der Waals surface area contributed by atoms with E-state index in [0.29, 0.717) is 11.3 Å². The Morgan fingerprint density at radius 3 is 2.58 bits per heavy atom. The fraction of sp³-hybridized carbons (Fsp3) is 0.0714. The molecule has 0 aromatic heterocycles. The highest BCUT2D eigenvalue weighted by molar-refractivity contribution is 6.32. The molecule has 0 aliphatic rings. The monoisotopic (exact) mass is 279 g/mol. The van der Waals surface area contributed by atoms with Crippen molar-refractivity contribution in [2.75, 3.05) is 0 Å². The Morgan fingerprint density at radius 1 is 1.11 bits per heavy atom. The Balaban J connectivity index is 2.14. The molecule has 2 aromatic carbocycles. The summed E-state index contributed by atoms with van der Waals surface area (Å²) < 4.78 is 31.4. The number of benzene rings is 2. The molecule has 0 unspecified atom stereocenters. The maximum atomic E-state index is 13.2. The first-order valence-corrected chi connectivity index (χ1v) is 5.73. The minimum absolute atomic E-state index is 0.0395. The average molecular weight is 280 g/mol. The van der Waals surface area contributed by atoms with Crippen LogP contribution in [0.4, 0.5) is 8.78 Å². The van der Waals surface area contributed by atoms with E-state index in [-0.39, 0.29) is 17.2 Å². The predicted molar refractivity (Wildman–Crippen MR) is 66.9 cm³/mol. The molecule has 0 saturated heterocycles. The van der Waals surface area contributed by atoms with Crippen LogP contribution in [0, 0.1) is 23.0 Å². The van der Waals surface area contributed by atoms with E-state index < -0.39 is 11.6 Å². The Hall–Kier alpha value is -2.12. The van der Waals surface area contributed by atoms with Crippen molar-refractivity contribution in [3.8, 4) is 11.8 Å². The van der Waals surface area contributed by atoms with E-state index in [2.05, 4.69) is 0 Å². The van der Waals surface area contributed by atoms with Crippen LogP contribution in [-0.4, -0.2) is 0 Å². The third-order valence-corrected chi connectivity index (χ3v) is 2.67. The first kappa shape index (κ1) is 13.3. The Labute approximate surface area is 113 Å². The lowest BCUT2D eigenvalue weighted by Crippen LogP contribution is -1.97. The van der Waals surface area contributed by atoms with Crippen LogP contribution in [0.1, 0.15) is 11.1 Å². The van der Waals surface area contributed by atoms with Crippen molar-refractivity contribution in [1.29, 1.82) is 5.26 Å². The van der Waals surface area contributed by atoms with E-state index in [9.17, 15) is 8.78 Å². The molecule has 0 aliphatic carbocycles. The summed E-state index contributed by atoms with van der Waals surface area (Å²) in [5.41, 5.74) is 0.709. The molecule has 0 heterocycles. The molecule has 0 atom stereocenters. The van der Waals surface area contributed by atoms with Gasteiger partial charge in [-0.15, -0.1) is 0 Å². The van der Waals surface area contributed by atoms with Gasteiger partial charge in [0.2, 0.25) is 0 Å². The van der Waals surface area contributed by atoms with E-state index in [0.717, 1.165) is 12.1 Å². The molecule has 5 heteroatoms. The molecular weight excluding hydrogens is 272 g/mol. The largest absolute Gasteiger partial charge is 0.487 e. The number of hydrogen-bond donors (Lipinski definition) is 0. The van der Waals surface area contributed by atoms with E-state index in [1.54, 1.807) is 0 Å². The minimum atomic E-state index is -0.511. The fourth-order valence-electron chi connectivity index (χ4n) is 1.55. The molecule has 0 amide bonds. The van der Waals surface area contributed by atoms with Crippen molar-refractivity contribution in [3.05, 3.63) is 64.2 Å². The Bertz CT molecular complexity index is 652. The number of nitrogens with zero attached hydrogens (tertiary/aromatic N) is 1. The summed E-state index contributed by atoms with van der Waals surface area (Å²) in [6.07, 6.45) is 0. The number of ether oxygens (including phenoxy) is 1. The fourth-order valence-corrected chi connectivity index (χ4v) is 1.77. The van der Waals surface area contributed by atoms with Gasteiger partial charge in [0.1, 0.15) is 24.0 Å². The van der Waals surface area contributed by atoms with Gasteiger partial charge in [-0.2, -0.15) is 5.26 Å². The van der Waals surface area contributed by atoms with Gasteiger partial charge in [0.25, 0.3) is 0 Å². The van der Waals surface area contributed by atoms with Crippen LogP contribution in [0.2, 0.25) is 5.02 Å². The minimum Gasteiger partial charge on any atom is -0.487 e. The molecule has 0 bridgehead atoms. The van der Waals surface area contributed by atoms with Crippen molar-refractivity contribution >= 4 is 11.6 Å². The van der Waals surface area contributed by atoms with Crippen LogP contribution >= 0.6 is 11.6 Å². The Kier molecular flexibility index (Phi) is 3.98. The van der Waals surface area contributed by atoms with Crippen molar-refractivity contribution in [3.63, 3.8) is 0 Å². The molecule has 0 saturated carbocycles. The number of nitriles is 1. The lowest BCUT2D eigenvalue weighted by atomic mass is 10.1. The summed E-state index contributed by atoms with van der Waals surface area (Å²) >= 11 is 5.79. The normalized spacial score (nSPS) is 10.0. The zero-order chi connectivity index (χ0) is 13.8. The molecule has 2 rings (SSSR count). The molecule has 0 fully saturated rings. The first-order chi connectivity index (χ1) is 9.08. The van der Waals surface area contributed by atoms with E-state index in [1.165, 1.54) is 24.3 Å². The Morgan fingerprint density at radius 2 is 1.89 bits per heavy atom.